The summed E-state index contributed by atoms with van der Waals surface area (Å²) in [7, 11) is 0. The second kappa shape index (κ2) is 8.04. The Morgan fingerprint density at radius 3 is 2.52 bits per heavy atom. The molecule has 2 heterocycles. The fourth-order valence-corrected chi connectivity index (χ4v) is 4.00. The summed E-state index contributed by atoms with van der Waals surface area (Å²) in [6.07, 6.45) is -0.361. The molecule has 1 aromatic heterocycles. The van der Waals surface area contributed by atoms with Gasteiger partial charge in [-0.15, -0.1) is 0 Å². The van der Waals surface area contributed by atoms with Crippen LogP contribution in [0.25, 0.3) is 10.9 Å². The number of amides is 1. The highest BCUT2D eigenvalue weighted by molar-refractivity contribution is 9.10. The number of ether oxygens (including phenoxy) is 1. The van der Waals surface area contributed by atoms with Gasteiger partial charge in [0.2, 0.25) is 5.28 Å². The molecule has 1 amide bonds. The number of halogens is 4. The van der Waals surface area contributed by atoms with Crippen LogP contribution in [0, 0.1) is 5.82 Å². The first-order chi connectivity index (χ1) is 13.4. The number of aromatic nitrogens is 2. The number of carbonyl (C=O) groups is 1. The van der Waals surface area contributed by atoms with Gasteiger partial charge in [-0.25, -0.2) is 14.2 Å². The molecule has 0 bridgehead atoms. The van der Waals surface area contributed by atoms with Gasteiger partial charge in [0.1, 0.15) is 16.9 Å². The van der Waals surface area contributed by atoms with E-state index < -0.39 is 11.4 Å². The van der Waals surface area contributed by atoms with Gasteiger partial charge in [-0.3, -0.25) is 0 Å². The third-order valence-electron chi connectivity index (χ3n) is 4.67. The normalized spacial score (nSPS) is 20.3. The number of fused-ring (bicyclic) bond motifs is 1. The van der Waals surface area contributed by atoms with Gasteiger partial charge in [0.15, 0.2) is 5.82 Å². The van der Waals surface area contributed by atoms with E-state index in [4.69, 9.17) is 27.9 Å². The zero-order valence-electron chi connectivity index (χ0n) is 16.8. The molecular formula is C19H22BrCl2FN4O2. The second-order valence-corrected chi connectivity index (χ2v) is 9.72. The fraction of sp³-hybridized carbons (Fsp3) is 0.526. The summed E-state index contributed by atoms with van der Waals surface area (Å²) in [4.78, 5) is 24.7. The zero-order chi connectivity index (χ0) is 21.7. The summed E-state index contributed by atoms with van der Waals surface area (Å²) >= 11 is 15.4. The number of carbonyl (C=O) groups excluding carboxylic acids is 1. The molecule has 2 unspecified atom stereocenters. The molecule has 1 fully saturated rings. The van der Waals surface area contributed by atoms with Crippen molar-refractivity contribution in [2.45, 2.75) is 52.3 Å². The number of anilines is 1. The largest absolute Gasteiger partial charge is 0.444 e. The van der Waals surface area contributed by atoms with E-state index in [1.807, 2.05) is 39.5 Å². The Morgan fingerprint density at radius 1 is 1.24 bits per heavy atom. The quantitative estimate of drug-likeness (QED) is 0.367. The SMILES string of the molecule is CC1CN(c2nc(Cl)nc3c(F)c(Br)c(Cl)cc23)C(C)CN1C(=O)OC(C)(C)C. The zero-order valence-corrected chi connectivity index (χ0v) is 19.9. The summed E-state index contributed by atoms with van der Waals surface area (Å²) < 4.78 is 20.4. The molecule has 1 aromatic carbocycles. The molecule has 158 valence electrons. The smallest absolute Gasteiger partial charge is 0.410 e. The van der Waals surface area contributed by atoms with E-state index >= 15 is 0 Å². The molecule has 1 aliphatic rings. The molecule has 1 saturated heterocycles. The molecule has 29 heavy (non-hydrogen) atoms. The van der Waals surface area contributed by atoms with E-state index in [0.29, 0.717) is 24.3 Å². The van der Waals surface area contributed by atoms with E-state index in [2.05, 4.69) is 25.9 Å². The molecule has 10 heteroatoms. The van der Waals surface area contributed by atoms with E-state index in [1.54, 1.807) is 11.0 Å². The van der Waals surface area contributed by atoms with Crippen LogP contribution in [0.2, 0.25) is 10.3 Å². The molecule has 2 atom stereocenters. The summed E-state index contributed by atoms with van der Waals surface area (Å²) in [6.45, 7) is 10.3. The lowest BCUT2D eigenvalue weighted by molar-refractivity contribution is 0.0130. The molecule has 1 aliphatic heterocycles. The topological polar surface area (TPSA) is 58.6 Å². The van der Waals surface area contributed by atoms with E-state index in [9.17, 15) is 9.18 Å². The van der Waals surface area contributed by atoms with Crippen molar-refractivity contribution in [3.8, 4) is 0 Å². The second-order valence-electron chi connectivity index (χ2n) is 8.18. The van der Waals surface area contributed by atoms with Crippen molar-refractivity contribution in [2.75, 3.05) is 18.0 Å². The molecule has 0 N–H and O–H groups in total. The Hall–Kier alpha value is -1.38. The summed E-state index contributed by atoms with van der Waals surface area (Å²) in [5.41, 5.74) is -0.486. The van der Waals surface area contributed by atoms with Crippen molar-refractivity contribution in [1.29, 1.82) is 0 Å². The highest BCUT2D eigenvalue weighted by Crippen LogP contribution is 2.37. The van der Waals surface area contributed by atoms with Gasteiger partial charge in [-0.1, -0.05) is 11.6 Å². The van der Waals surface area contributed by atoms with Crippen LogP contribution < -0.4 is 4.90 Å². The third-order valence-corrected chi connectivity index (χ3v) is 6.14. The van der Waals surface area contributed by atoms with Crippen molar-refractivity contribution >= 4 is 61.9 Å². The maximum absolute atomic E-state index is 14.7. The number of nitrogens with zero attached hydrogens (tertiary/aromatic N) is 4. The molecule has 3 rings (SSSR count). The molecule has 0 saturated carbocycles. The standard InChI is InChI=1S/C19H22BrCl2FN4O2/c1-9-8-27(18(28)29-19(3,4)5)10(2)7-26(9)16-11-6-12(21)13(20)14(23)15(11)24-17(22)25-16/h6,9-10H,7-8H2,1-5H3. The van der Waals surface area contributed by atoms with Gasteiger partial charge in [-0.2, -0.15) is 4.98 Å². The first-order valence-electron chi connectivity index (χ1n) is 9.16. The number of hydrogen-bond acceptors (Lipinski definition) is 5. The highest BCUT2D eigenvalue weighted by atomic mass is 79.9. The lowest BCUT2D eigenvalue weighted by atomic mass is 10.1. The number of piperazine rings is 1. The van der Waals surface area contributed by atoms with Crippen molar-refractivity contribution in [3.63, 3.8) is 0 Å². The van der Waals surface area contributed by atoms with Crippen molar-refractivity contribution in [2.24, 2.45) is 0 Å². The highest BCUT2D eigenvalue weighted by Gasteiger charge is 2.36. The van der Waals surface area contributed by atoms with Crippen LogP contribution in [-0.2, 0) is 4.74 Å². The molecule has 0 radical (unpaired) electrons. The Morgan fingerprint density at radius 2 is 1.90 bits per heavy atom. The van der Waals surface area contributed by atoms with Gasteiger partial charge < -0.3 is 14.5 Å². The predicted molar refractivity (Wildman–Crippen MR) is 116 cm³/mol. The van der Waals surface area contributed by atoms with Crippen LogP contribution in [0.1, 0.15) is 34.6 Å². The fourth-order valence-electron chi connectivity index (χ4n) is 3.35. The predicted octanol–water partition coefficient (Wildman–Crippen LogP) is 5.67. The van der Waals surface area contributed by atoms with Crippen LogP contribution in [0.4, 0.5) is 15.0 Å². The lowest BCUT2D eigenvalue weighted by Gasteiger charge is -2.44. The Balaban J connectivity index is 1.98. The van der Waals surface area contributed by atoms with Gasteiger partial charge in [0.05, 0.1) is 9.50 Å². The summed E-state index contributed by atoms with van der Waals surface area (Å²) in [5, 5.41) is 0.621. The average Bonchev–Trinajstić information content (AvgIpc) is 2.60. The Labute approximate surface area is 187 Å². The van der Waals surface area contributed by atoms with Crippen molar-refractivity contribution in [3.05, 3.63) is 26.7 Å². The number of hydrogen-bond donors (Lipinski definition) is 0. The monoisotopic (exact) mass is 506 g/mol. The van der Waals surface area contributed by atoms with Gasteiger partial charge in [0, 0.05) is 30.6 Å². The first kappa shape index (κ1) is 22.3. The molecule has 6 nitrogen and oxygen atoms in total. The van der Waals surface area contributed by atoms with Gasteiger partial charge in [0.25, 0.3) is 0 Å². The minimum atomic E-state index is -0.592. The minimum Gasteiger partial charge on any atom is -0.444 e. The van der Waals surface area contributed by atoms with Crippen LogP contribution in [0.3, 0.4) is 0 Å². The maximum Gasteiger partial charge on any atom is 0.410 e. The Kier molecular flexibility index (Phi) is 6.18. The van der Waals surface area contributed by atoms with Crippen LogP contribution in [-0.4, -0.2) is 51.7 Å². The third kappa shape index (κ3) is 4.54. The minimum absolute atomic E-state index is 0.0601. The van der Waals surface area contributed by atoms with Crippen LogP contribution >= 0.6 is 39.1 Å². The summed E-state index contributed by atoms with van der Waals surface area (Å²) in [5.74, 6) is -0.109. The molecule has 0 spiro atoms. The van der Waals surface area contributed by atoms with E-state index in [1.165, 1.54) is 0 Å². The average molecular weight is 508 g/mol. The van der Waals surface area contributed by atoms with Crippen molar-refractivity contribution < 1.29 is 13.9 Å². The van der Waals surface area contributed by atoms with E-state index in [-0.39, 0.29) is 38.5 Å². The maximum atomic E-state index is 14.7. The van der Waals surface area contributed by atoms with E-state index in [0.717, 1.165) is 0 Å². The molecule has 2 aromatic rings. The lowest BCUT2D eigenvalue weighted by Crippen LogP contribution is -2.59. The number of rotatable bonds is 1. The Bertz CT molecular complexity index is 970. The van der Waals surface area contributed by atoms with Gasteiger partial charge >= 0.3 is 6.09 Å². The van der Waals surface area contributed by atoms with Crippen LogP contribution in [0.5, 0.6) is 0 Å². The van der Waals surface area contributed by atoms with Crippen LogP contribution in [0.15, 0.2) is 10.5 Å². The van der Waals surface area contributed by atoms with Gasteiger partial charge in [-0.05, 0) is 68.2 Å². The first-order valence-corrected chi connectivity index (χ1v) is 10.7. The van der Waals surface area contributed by atoms with Crippen molar-refractivity contribution in [1.82, 2.24) is 14.9 Å². The molecule has 0 aliphatic carbocycles. The molecular weight excluding hydrogens is 486 g/mol. The number of benzene rings is 1. The summed E-state index contributed by atoms with van der Waals surface area (Å²) in [6, 6.07) is 1.35.